The first-order valence-corrected chi connectivity index (χ1v) is 7.20. The van der Waals surface area contributed by atoms with Crippen LogP contribution in [-0.4, -0.2) is 25.6 Å². The maximum Gasteiger partial charge on any atom is 0.348 e. The predicted molar refractivity (Wildman–Crippen MR) is 81.2 cm³/mol. The fraction of sp³-hybridized carbons (Fsp3) is 0.143. The van der Waals surface area contributed by atoms with Crippen molar-refractivity contribution in [3.63, 3.8) is 0 Å². The summed E-state index contributed by atoms with van der Waals surface area (Å²) in [6.45, 7) is -0.361. The Labute approximate surface area is 130 Å². The van der Waals surface area contributed by atoms with Gasteiger partial charge in [-0.25, -0.2) is 4.79 Å². The Morgan fingerprint density at radius 2 is 2.14 bits per heavy atom. The molecule has 1 aromatic carbocycles. The van der Waals surface area contributed by atoms with Gasteiger partial charge in [0.1, 0.15) is 10.6 Å². The Bertz CT molecular complexity index is 642. The highest BCUT2D eigenvalue weighted by atomic mass is 35.5. The van der Waals surface area contributed by atoms with E-state index in [0.29, 0.717) is 21.3 Å². The number of thiophene rings is 1. The summed E-state index contributed by atoms with van der Waals surface area (Å²) in [6, 6.07) is 8.20. The molecule has 0 saturated heterocycles. The lowest BCUT2D eigenvalue weighted by atomic mass is 10.3. The molecule has 0 unspecified atom stereocenters. The molecule has 0 atom stereocenters. The third-order valence-corrected chi connectivity index (χ3v) is 3.64. The van der Waals surface area contributed by atoms with Gasteiger partial charge < -0.3 is 14.8 Å². The van der Waals surface area contributed by atoms with Gasteiger partial charge in [-0.2, -0.15) is 0 Å². The molecule has 0 aliphatic rings. The Hall–Kier alpha value is -2.05. The smallest absolute Gasteiger partial charge is 0.348 e. The van der Waals surface area contributed by atoms with Gasteiger partial charge in [0.25, 0.3) is 5.91 Å². The maximum absolute atomic E-state index is 11.7. The molecular formula is C14H12ClNO4S. The van der Waals surface area contributed by atoms with Crippen molar-refractivity contribution in [2.24, 2.45) is 0 Å². The van der Waals surface area contributed by atoms with Gasteiger partial charge in [0, 0.05) is 5.69 Å². The number of amides is 1. The molecule has 0 fully saturated rings. The van der Waals surface area contributed by atoms with E-state index in [1.807, 2.05) is 0 Å². The molecule has 1 N–H and O–H groups in total. The number of carbonyl (C=O) groups is 2. The first kappa shape index (κ1) is 15.3. The van der Waals surface area contributed by atoms with Crippen molar-refractivity contribution >= 4 is 40.5 Å². The second-order valence-electron chi connectivity index (χ2n) is 3.95. The van der Waals surface area contributed by atoms with Crippen molar-refractivity contribution in [1.82, 2.24) is 0 Å². The maximum atomic E-state index is 11.7. The molecule has 0 saturated carbocycles. The molecule has 0 bridgehead atoms. The third-order valence-electron chi connectivity index (χ3n) is 2.49. The van der Waals surface area contributed by atoms with Gasteiger partial charge in [-0.1, -0.05) is 17.7 Å². The quantitative estimate of drug-likeness (QED) is 0.857. The molecule has 1 amide bonds. The number of benzene rings is 1. The number of rotatable bonds is 5. The summed E-state index contributed by atoms with van der Waals surface area (Å²) in [5.74, 6) is -0.451. The van der Waals surface area contributed by atoms with Crippen LogP contribution in [0.4, 0.5) is 5.69 Å². The molecule has 2 aromatic rings. The summed E-state index contributed by atoms with van der Waals surface area (Å²) in [7, 11) is 1.50. The lowest BCUT2D eigenvalue weighted by molar-refractivity contribution is -0.119. The van der Waals surface area contributed by atoms with Crippen molar-refractivity contribution < 1.29 is 19.1 Å². The second-order valence-corrected chi connectivity index (χ2v) is 5.31. The lowest BCUT2D eigenvalue weighted by Crippen LogP contribution is -2.20. The van der Waals surface area contributed by atoms with Gasteiger partial charge in [0.05, 0.1) is 12.1 Å². The number of esters is 1. The first-order chi connectivity index (χ1) is 10.1. The van der Waals surface area contributed by atoms with Crippen LogP contribution in [0.2, 0.25) is 5.02 Å². The van der Waals surface area contributed by atoms with Gasteiger partial charge in [-0.15, -0.1) is 11.3 Å². The van der Waals surface area contributed by atoms with Gasteiger partial charge in [0.15, 0.2) is 6.61 Å². The van der Waals surface area contributed by atoms with Crippen LogP contribution in [0.25, 0.3) is 0 Å². The topological polar surface area (TPSA) is 64.6 Å². The van der Waals surface area contributed by atoms with Gasteiger partial charge >= 0.3 is 5.97 Å². The zero-order valence-electron chi connectivity index (χ0n) is 11.1. The van der Waals surface area contributed by atoms with Crippen LogP contribution < -0.4 is 10.1 Å². The lowest BCUT2D eigenvalue weighted by Gasteiger charge is -2.08. The summed E-state index contributed by atoms with van der Waals surface area (Å²) < 4.78 is 9.91. The summed E-state index contributed by atoms with van der Waals surface area (Å²) in [5.41, 5.74) is 0.498. The summed E-state index contributed by atoms with van der Waals surface area (Å²) in [5, 5.41) is 4.72. The van der Waals surface area contributed by atoms with Crippen LogP contribution in [0.15, 0.2) is 35.7 Å². The van der Waals surface area contributed by atoms with E-state index in [0.717, 1.165) is 0 Å². The van der Waals surface area contributed by atoms with Crippen molar-refractivity contribution in [3.05, 3.63) is 45.6 Å². The largest absolute Gasteiger partial charge is 0.495 e. The number of carbonyl (C=O) groups excluding carboxylic acids is 2. The summed E-state index contributed by atoms with van der Waals surface area (Å²) in [6.07, 6.45) is 0. The fourth-order valence-corrected chi connectivity index (χ4v) is 2.41. The highest BCUT2D eigenvalue weighted by molar-refractivity contribution is 7.11. The Morgan fingerprint density at radius 3 is 2.76 bits per heavy atom. The predicted octanol–water partition coefficient (Wildman–Crippen LogP) is 3.21. The van der Waals surface area contributed by atoms with Crippen LogP contribution in [0.5, 0.6) is 5.75 Å². The minimum atomic E-state index is -0.520. The van der Waals surface area contributed by atoms with Gasteiger partial charge in [-0.3, -0.25) is 4.79 Å². The Morgan fingerprint density at radius 1 is 1.33 bits per heavy atom. The minimum absolute atomic E-state index is 0.361. The van der Waals surface area contributed by atoms with Crippen molar-refractivity contribution in [3.8, 4) is 5.75 Å². The molecule has 2 rings (SSSR count). The average Bonchev–Trinajstić information content (AvgIpc) is 2.99. The number of halogens is 1. The van der Waals surface area contributed by atoms with Crippen molar-refractivity contribution in [1.29, 1.82) is 0 Å². The molecule has 110 valence electrons. The molecule has 0 radical (unpaired) electrons. The monoisotopic (exact) mass is 325 g/mol. The van der Waals surface area contributed by atoms with Crippen molar-refractivity contribution in [2.75, 3.05) is 19.0 Å². The standard InChI is InChI=1S/C14H12ClNO4S/c1-19-11-5-4-9(7-10(11)15)16-13(17)8-20-14(18)12-3-2-6-21-12/h2-7H,8H2,1H3,(H,16,17). The molecule has 0 aliphatic carbocycles. The van der Waals surface area contributed by atoms with Crippen LogP contribution >= 0.6 is 22.9 Å². The molecule has 0 spiro atoms. The average molecular weight is 326 g/mol. The first-order valence-electron chi connectivity index (χ1n) is 5.94. The fourth-order valence-electron chi connectivity index (χ4n) is 1.54. The van der Waals surface area contributed by atoms with Gasteiger partial charge in [0.2, 0.25) is 0 Å². The molecule has 7 heteroatoms. The van der Waals surface area contributed by atoms with E-state index in [1.54, 1.807) is 35.7 Å². The normalized spacial score (nSPS) is 10.0. The summed E-state index contributed by atoms with van der Waals surface area (Å²) >= 11 is 7.20. The molecular weight excluding hydrogens is 314 g/mol. The molecule has 1 heterocycles. The summed E-state index contributed by atoms with van der Waals surface area (Å²) in [4.78, 5) is 23.7. The van der Waals surface area contributed by atoms with E-state index in [1.165, 1.54) is 18.4 Å². The number of hydrogen-bond donors (Lipinski definition) is 1. The van der Waals surface area contributed by atoms with E-state index in [-0.39, 0.29) is 6.61 Å². The Kier molecular flexibility index (Phi) is 5.19. The molecule has 0 aliphatic heterocycles. The second kappa shape index (κ2) is 7.10. The van der Waals surface area contributed by atoms with E-state index in [2.05, 4.69) is 5.32 Å². The highest BCUT2D eigenvalue weighted by Crippen LogP contribution is 2.27. The molecule has 5 nitrogen and oxygen atoms in total. The van der Waals surface area contributed by atoms with Crippen molar-refractivity contribution in [2.45, 2.75) is 0 Å². The zero-order chi connectivity index (χ0) is 15.2. The van der Waals surface area contributed by atoms with Gasteiger partial charge in [-0.05, 0) is 29.6 Å². The van der Waals surface area contributed by atoms with E-state index >= 15 is 0 Å². The number of methoxy groups -OCH3 is 1. The highest BCUT2D eigenvalue weighted by Gasteiger charge is 2.11. The van der Waals surface area contributed by atoms with E-state index in [9.17, 15) is 9.59 Å². The number of anilines is 1. The van der Waals surface area contributed by atoms with Crippen LogP contribution in [-0.2, 0) is 9.53 Å². The van der Waals surface area contributed by atoms with Crippen LogP contribution in [0.1, 0.15) is 9.67 Å². The Balaban J connectivity index is 1.87. The van der Waals surface area contributed by atoms with Crippen LogP contribution in [0.3, 0.4) is 0 Å². The SMILES string of the molecule is COc1ccc(NC(=O)COC(=O)c2cccs2)cc1Cl. The third kappa shape index (κ3) is 4.21. The van der Waals surface area contributed by atoms with E-state index < -0.39 is 11.9 Å². The number of hydrogen-bond acceptors (Lipinski definition) is 5. The number of ether oxygens (including phenoxy) is 2. The zero-order valence-corrected chi connectivity index (χ0v) is 12.7. The minimum Gasteiger partial charge on any atom is -0.495 e. The molecule has 21 heavy (non-hydrogen) atoms. The number of nitrogens with one attached hydrogen (secondary N) is 1. The van der Waals surface area contributed by atoms with Crippen LogP contribution in [0, 0.1) is 0 Å². The molecule has 1 aromatic heterocycles. The van der Waals surface area contributed by atoms with E-state index in [4.69, 9.17) is 21.1 Å².